The summed E-state index contributed by atoms with van der Waals surface area (Å²) in [5.41, 5.74) is 1.86. The number of rotatable bonds is 7. The molecular weight excluding hydrogens is 372 g/mol. The van der Waals surface area contributed by atoms with Gasteiger partial charge >= 0.3 is 0 Å². The molecule has 1 heterocycles. The lowest BCUT2D eigenvalue weighted by molar-refractivity contribution is -0.118. The Hall–Kier alpha value is -2.51. The molecular formula is C18H17ClN4O2S. The van der Waals surface area contributed by atoms with E-state index in [4.69, 9.17) is 16.3 Å². The first-order chi connectivity index (χ1) is 12.7. The number of benzene rings is 2. The van der Waals surface area contributed by atoms with Crippen molar-refractivity contribution in [2.75, 3.05) is 12.9 Å². The minimum absolute atomic E-state index is 0.0840. The van der Waals surface area contributed by atoms with Crippen molar-refractivity contribution in [3.8, 4) is 11.4 Å². The summed E-state index contributed by atoms with van der Waals surface area (Å²) in [6.45, 7) is 0.436. The Kier molecular flexibility index (Phi) is 6.14. The summed E-state index contributed by atoms with van der Waals surface area (Å²) in [5, 5.41) is 12.2. The maximum absolute atomic E-state index is 12.1. The van der Waals surface area contributed by atoms with Crippen LogP contribution >= 0.6 is 23.4 Å². The van der Waals surface area contributed by atoms with E-state index in [0.717, 1.165) is 17.0 Å². The topological polar surface area (TPSA) is 69.0 Å². The van der Waals surface area contributed by atoms with Crippen LogP contribution in [0.3, 0.4) is 0 Å². The highest BCUT2D eigenvalue weighted by Gasteiger charge is 2.10. The first-order valence-corrected chi connectivity index (χ1v) is 9.20. The van der Waals surface area contributed by atoms with E-state index in [1.165, 1.54) is 11.8 Å². The van der Waals surface area contributed by atoms with Crippen LogP contribution in [-0.4, -0.2) is 33.5 Å². The Morgan fingerprint density at radius 1 is 1.27 bits per heavy atom. The van der Waals surface area contributed by atoms with Gasteiger partial charge < -0.3 is 10.1 Å². The zero-order chi connectivity index (χ0) is 18.4. The molecule has 1 N–H and O–H groups in total. The van der Waals surface area contributed by atoms with Crippen LogP contribution in [0.1, 0.15) is 5.56 Å². The van der Waals surface area contributed by atoms with Crippen LogP contribution in [0.15, 0.2) is 60.0 Å². The smallest absolute Gasteiger partial charge is 0.230 e. The second kappa shape index (κ2) is 8.73. The average molecular weight is 389 g/mol. The Morgan fingerprint density at radius 2 is 2.08 bits per heavy atom. The predicted molar refractivity (Wildman–Crippen MR) is 102 cm³/mol. The molecule has 0 radical (unpaired) electrons. The molecule has 0 saturated heterocycles. The zero-order valence-corrected chi connectivity index (χ0v) is 15.6. The first-order valence-electron chi connectivity index (χ1n) is 7.84. The Balaban J connectivity index is 1.56. The molecule has 0 aliphatic carbocycles. The summed E-state index contributed by atoms with van der Waals surface area (Å²) in [4.78, 5) is 12.1. The fraction of sp³-hybridized carbons (Fsp3) is 0.167. The minimum atomic E-state index is -0.0840. The standard InChI is InChI=1S/C18H17ClN4O2S/c1-25-16-7-5-15(6-8-16)23-12-21-22-18(23)26-11-17(24)20-10-13-3-2-4-14(19)9-13/h2-9,12H,10-11H2,1H3,(H,20,24). The summed E-state index contributed by atoms with van der Waals surface area (Å²) >= 11 is 7.27. The van der Waals surface area contributed by atoms with E-state index < -0.39 is 0 Å². The lowest BCUT2D eigenvalue weighted by atomic mass is 10.2. The van der Waals surface area contributed by atoms with Crippen LogP contribution in [0.5, 0.6) is 5.75 Å². The number of nitrogens with one attached hydrogen (secondary N) is 1. The van der Waals surface area contributed by atoms with Crippen molar-refractivity contribution in [1.82, 2.24) is 20.1 Å². The molecule has 3 rings (SSSR count). The third-order valence-corrected chi connectivity index (χ3v) is 4.76. The van der Waals surface area contributed by atoms with Gasteiger partial charge in [-0.15, -0.1) is 10.2 Å². The Morgan fingerprint density at radius 3 is 2.81 bits per heavy atom. The Bertz CT molecular complexity index is 883. The molecule has 134 valence electrons. The number of nitrogens with zero attached hydrogens (tertiary/aromatic N) is 3. The molecule has 2 aromatic carbocycles. The van der Waals surface area contributed by atoms with Gasteiger partial charge in [0.15, 0.2) is 5.16 Å². The summed E-state index contributed by atoms with van der Waals surface area (Å²) in [5.74, 6) is 0.936. The van der Waals surface area contributed by atoms with Crippen molar-refractivity contribution >= 4 is 29.3 Å². The van der Waals surface area contributed by atoms with Crippen molar-refractivity contribution < 1.29 is 9.53 Å². The van der Waals surface area contributed by atoms with Crippen LogP contribution < -0.4 is 10.1 Å². The van der Waals surface area contributed by atoms with Gasteiger partial charge in [-0.2, -0.15) is 0 Å². The van der Waals surface area contributed by atoms with Crippen LogP contribution in [0.2, 0.25) is 5.02 Å². The summed E-state index contributed by atoms with van der Waals surface area (Å²) < 4.78 is 6.99. The van der Waals surface area contributed by atoms with Crippen molar-refractivity contribution in [3.05, 3.63) is 65.4 Å². The highest BCUT2D eigenvalue weighted by Crippen LogP contribution is 2.21. The molecule has 0 aliphatic heterocycles. The van der Waals surface area contributed by atoms with Crippen molar-refractivity contribution in [2.45, 2.75) is 11.7 Å². The zero-order valence-electron chi connectivity index (χ0n) is 14.1. The van der Waals surface area contributed by atoms with Gasteiger partial charge in [-0.1, -0.05) is 35.5 Å². The third kappa shape index (κ3) is 4.77. The van der Waals surface area contributed by atoms with Gasteiger partial charge in [-0.25, -0.2) is 0 Å². The number of methoxy groups -OCH3 is 1. The van der Waals surface area contributed by atoms with Crippen molar-refractivity contribution in [2.24, 2.45) is 0 Å². The van der Waals surface area contributed by atoms with Crippen LogP contribution in [-0.2, 0) is 11.3 Å². The minimum Gasteiger partial charge on any atom is -0.497 e. The molecule has 26 heavy (non-hydrogen) atoms. The highest BCUT2D eigenvalue weighted by atomic mass is 35.5. The maximum Gasteiger partial charge on any atom is 0.230 e. The van der Waals surface area contributed by atoms with Crippen molar-refractivity contribution in [3.63, 3.8) is 0 Å². The molecule has 0 spiro atoms. The van der Waals surface area contributed by atoms with Gasteiger partial charge in [-0.05, 0) is 42.0 Å². The van der Waals surface area contributed by atoms with Gasteiger partial charge in [0.25, 0.3) is 0 Å². The number of ether oxygens (including phenoxy) is 1. The molecule has 1 aromatic heterocycles. The van der Waals surface area contributed by atoms with Gasteiger partial charge in [0.1, 0.15) is 12.1 Å². The number of carbonyl (C=O) groups excluding carboxylic acids is 1. The molecule has 0 atom stereocenters. The summed E-state index contributed by atoms with van der Waals surface area (Å²) in [6.07, 6.45) is 1.62. The predicted octanol–water partition coefficient (Wildman–Crippen LogP) is 3.34. The number of amides is 1. The van der Waals surface area contributed by atoms with Crippen LogP contribution in [0.4, 0.5) is 0 Å². The number of carbonyl (C=O) groups is 1. The van der Waals surface area contributed by atoms with E-state index in [9.17, 15) is 4.79 Å². The van der Waals surface area contributed by atoms with E-state index in [1.54, 1.807) is 19.5 Å². The fourth-order valence-corrected chi connectivity index (χ4v) is 3.24. The second-order valence-corrected chi connectivity index (χ2v) is 6.76. The summed E-state index contributed by atoms with van der Waals surface area (Å²) in [7, 11) is 1.62. The third-order valence-electron chi connectivity index (χ3n) is 3.58. The quantitative estimate of drug-likeness (QED) is 0.629. The molecule has 0 fully saturated rings. The van der Waals surface area contributed by atoms with Gasteiger partial charge in [0, 0.05) is 17.3 Å². The molecule has 6 nitrogen and oxygen atoms in total. The largest absolute Gasteiger partial charge is 0.497 e. The SMILES string of the molecule is COc1ccc(-n2cnnc2SCC(=O)NCc2cccc(Cl)c2)cc1. The number of hydrogen-bond donors (Lipinski definition) is 1. The van der Waals surface area contributed by atoms with E-state index in [1.807, 2.05) is 47.0 Å². The number of hydrogen-bond acceptors (Lipinski definition) is 5. The highest BCUT2D eigenvalue weighted by molar-refractivity contribution is 7.99. The molecule has 3 aromatic rings. The number of aromatic nitrogens is 3. The van der Waals surface area contributed by atoms with E-state index in [2.05, 4.69) is 15.5 Å². The first kappa shape index (κ1) is 18.3. The summed E-state index contributed by atoms with van der Waals surface area (Å²) in [6, 6.07) is 14.9. The number of halogens is 1. The second-order valence-electron chi connectivity index (χ2n) is 5.38. The van der Waals surface area contributed by atoms with Gasteiger partial charge in [-0.3, -0.25) is 9.36 Å². The van der Waals surface area contributed by atoms with E-state index >= 15 is 0 Å². The molecule has 8 heteroatoms. The Labute approximate surface area is 160 Å². The van der Waals surface area contributed by atoms with E-state index in [0.29, 0.717) is 16.7 Å². The lowest BCUT2D eigenvalue weighted by Crippen LogP contribution is -2.24. The monoisotopic (exact) mass is 388 g/mol. The van der Waals surface area contributed by atoms with Gasteiger partial charge in [0.2, 0.25) is 5.91 Å². The lowest BCUT2D eigenvalue weighted by Gasteiger charge is -2.08. The molecule has 0 saturated carbocycles. The van der Waals surface area contributed by atoms with Gasteiger partial charge in [0.05, 0.1) is 12.9 Å². The molecule has 1 amide bonds. The molecule has 0 unspecified atom stereocenters. The van der Waals surface area contributed by atoms with E-state index in [-0.39, 0.29) is 11.7 Å². The normalized spacial score (nSPS) is 10.5. The maximum atomic E-state index is 12.1. The van der Waals surface area contributed by atoms with Crippen LogP contribution in [0, 0.1) is 0 Å². The van der Waals surface area contributed by atoms with Crippen molar-refractivity contribution in [1.29, 1.82) is 0 Å². The molecule has 0 aliphatic rings. The number of thioether (sulfide) groups is 1. The molecule has 0 bridgehead atoms. The van der Waals surface area contributed by atoms with Crippen LogP contribution in [0.25, 0.3) is 5.69 Å². The average Bonchev–Trinajstić information content (AvgIpc) is 3.13. The fourth-order valence-electron chi connectivity index (χ4n) is 2.27.